The van der Waals surface area contributed by atoms with Crippen LogP contribution in [0.3, 0.4) is 0 Å². The first-order chi connectivity index (χ1) is 64.8. The Bertz CT molecular complexity index is 6520. The number of nitrogens with zero attached hydrogens (tertiary/aromatic N) is 6. The molecule has 11 aromatic rings. The molecule has 2 heterocycles. The number of hydrogen-bond acceptors (Lipinski definition) is 24. The average Bonchev–Trinajstić information content (AvgIpc) is 1.59. The number of carbonyl (C=O) groups is 8. The summed E-state index contributed by atoms with van der Waals surface area (Å²) >= 11 is 0. The summed E-state index contributed by atoms with van der Waals surface area (Å²) in [7, 11) is -4.57. The van der Waals surface area contributed by atoms with Crippen LogP contribution in [-0.4, -0.2) is 204 Å². The van der Waals surface area contributed by atoms with Gasteiger partial charge in [0.05, 0.1) is 36.1 Å². The van der Waals surface area contributed by atoms with Crippen LogP contribution >= 0.6 is 37.2 Å². The van der Waals surface area contributed by atoms with Gasteiger partial charge in [-0.1, -0.05) is 149 Å². The molecule has 0 saturated carbocycles. The molecule has 4 atom stereocenters. The number of hydrogen-bond donors (Lipinski definition) is 12. The molecule has 3 aliphatic rings. The Morgan fingerprint density at radius 2 is 1.16 bits per heavy atom. The molecule has 0 spiro atoms. The van der Waals surface area contributed by atoms with E-state index in [9.17, 15) is 92.3 Å². The van der Waals surface area contributed by atoms with Gasteiger partial charge in [-0.05, 0) is 196 Å². The Morgan fingerprint density at radius 1 is 0.617 bits per heavy atom. The Morgan fingerprint density at radius 3 is 1.70 bits per heavy atom. The number of aromatic amines is 1. The number of carboxylic acids is 2. The van der Waals surface area contributed by atoms with Crippen LogP contribution < -0.4 is 35.5 Å². The van der Waals surface area contributed by atoms with Crippen LogP contribution in [0.4, 0.5) is 20.1 Å². The number of aromatic hydroxyl groups is 2. The van der Waals surface area contributed by atoms with E-state index in [0.717, 1.165) is 91.2 Å². The molecule has 12 N–H and O–H groups in total. The monoisotopic (exact) mass is 3260 g/mol. The summed E-state index contributed by atoms with van der Waals surface area (Å²) in [5.74, 6) is -5.77. The molecule has 1 aliphatic heterocycles. The van der Waals surface area contributed by atoms with Gasteiger partial charge in [0.1, 0.15) is 67.3 Å². The van der Waals surface area contributed by atoms with Crippen molar-refractivity contribution in [2.75, 3.05) is 64.3 Å². The molecule has 1 aromatic heterocycles. The summed E-state index contributed by atoms with van der Waals surface area (Å²) in [5, 5.41) is 52.2. The fourth-order valence-electron chi connectivity index (χ4n) is 16.6. The van der Waals surface area contributed by atoms with E-state index in [4.69, 9.17) is 38.0 Å². The smallest absolute Gasteiger partial charge is 0.507 e. The minimum absolute atomic E-state index is 0. The molecule has 14 rings (SSSR count). The normalized spacial score (nSPS) is 13.1. The summed E-state index contributed by atoms with van der Waals surface area (Å²) in [5.41, 5.74) is 10.7. The number of alkyl carbamates (subject to hydrolysis) is 2. The second-order valence-corrected chi connectivity index (χ2v) is 37.1. The number of amides is 6. The van der Waals surface area contributed by atoms with Crippen LogP contribution in [-0.2, 0) is 90.4 Å². The summed E-state index contributed by atoms with van der Waals surface area (Å²) in [4.78, 5) is 182. The minimum Gasteiger partial charge on any atom is -0.507 e. The van der Waals surface area contributed by atoms with E-state index in [1.807, 2.05) is 121 Å². The predicted molar refractivity (Wildman–Crippen MR) is 504 cm³/mol. The summed E-state index contributed by atoms with van der Waals surface area (Å²) < 4.78 is 56.6. The third kappa shape index (κ3) is 26.9. The van der Waals surface area contributed by atoms with Gasteiger partial charge in [0.15, 0.2) is 0 Å². The van der Waals surface area contributed by atoms with E-state index >= 15 is 0 Å². The van der Waals surface area contributed by atoms with Gasteiger partial charge in [-0.25, -0.2) is 38.1 Å². The van der Waals surface area contributed by atoms with Gasteiger partial charge in [-0.2, -0.15) is 0 Å². The Kier molecular flexibility index (Phi) is 36.7. The maximum absolute atomic E-state index is 14.9. The van der Waals surface area contributed by atoms with Crippen LogP contribution in [0.15, 0.2) is 220 Å². The van der Waals surface area contributed by atoms with Gasteiger partial charge >= 0.3 is 45.9 Å². The van der Waals surface area contributed by atoms with Gasteiger partial charge in [0, 0.05) is 115 Å². The molecule has 0 fully saturated rings. The molecule has 1 radical (unpaired) electrons. The first kappa shape index (κ1) is 108. The topological polar surface area (TPSA) is 504 Å². The van der Waals surface area contributed by atoms with Crippen molar-refractivity contribution >= 4 is 125 Å². The Hall–Kier alpha value is -18.2. The first-order valence-electron chi connectivity index (χ1n) is 42.9. The quantitative estimate of drug-likeness (QED) is 0.00321. The Labute approximate surface area is 797 Å². The number of rotatable bonds is 42. The van der Waals surface area contributed by atoms with E-state index < -0.39 is 106 Å². The van der Waals surface area contributed by atoms with Gasteiger partial charge in [-0.3, -0.25) is 53.6 Å². The predicted octanol–water partition coefficient (Wildman–Crippen LogP) is 13.8. The molecule has 45 heteroatoms. The molecule has 0 saturated heterocycles. The van der Waals surface area contributed by atoms with E-state index in [1.165, 1.54) is 49.9 Å². The Balaban J connectivity index is 0.00000406. The summed E-state index contributed by atoms with van der Waals surface area (Å²) in [6, 6.07) is 52.6. The molecule has 6 amide bonds. The largest absolute Gasteiger partial charge is 0.524 e. The number of phenolic OH excluding ortho intramolecular Hbond substituents is 2. The third-order valence-electron chi connectivity index (χ3n) is 22.9. The number of carbonyl (C=O) groups excluding carboxylic acids is 6. The number of H-pyrrole nitrogens is 1. The number of ether oxygens (including phenoxy) is 4. The number of aliphatic imine (C=N–C) groups is 2. The number of benzene rings is 10. The van der Waals surface area contributed by atoms with Crippen molar-refractivity contribution in [1.82, 2.24) is 35.7 Å². The molecule has 773 valence electrons. The minimum atomic E-state index is -5.13. The van der Waals surface area contributed by atoms with Crippen LogP contribution in [0.2, 0.25) is 0 Å². The number of phenols is 2. The van der Waals surface area contributed by atoms with Crippen LogP contribution in [0, 0.1) is 6.92 Å². The molecule has 0 bridgehead atoms. The molecular weight excluding hydrogens is 3170 g/mol. The van der Waals surface area contributed by atoms with Crippen LogP contribution in [0.5, 0.6) is 23.0 Å². The zero-order chi connectivity index (χ0) is 95.8. The number of aliphatic carboxylic acids is 2. The van der Waals surface area contributed by atoms with Gasteiger partial charge in [0.25, 0.3) is 11.5 Å². The fraction of sp³-hybridized carbons (Fsp3) is 0.271. The molecule has 4 unspecified atom stereocenters. The number of carboxylic acid groups (broad SMARTS) is 2. The van der Waals surface area contributed by atoms with E-state index in [0.29, 0.717) is 55.0 Å². The first-order valence-corrected chi connectivity index (χ1v) is 48.3. The summed E-state index contributed by atoms with van der Waals surface area (Å²) in [6.45, 7) is 0.345. The molecular formula is C96H96CuFm5N10O25P2S2. The molecule has 35 nitrogen and oxygen atoms in total. The number of aromatic nitrogens is 2. The van der Waals surface area contributed by atoms with Gasteiger partial charge < -0.3 is 79.2 Å². The second kappa shape index (κ2) is 47.8. The van der Waals surface area contributed by atoms with Crippen molar-refractivity contribution in [2.45, 2.75) is 112 Å². The zero-order valence-electron chi connectivity index (χ0n) is 74.8. The van der Waals surface area contributed by atoms with E-state index in [-0.39, 0.29) is 165 Å². The van der Waals surface area contributed by atoms with Crippen molar-refractivity contribution in [3.05, 3.63) is 278 Å². The number of nitrogens with one attached hydrogen (secondary N) is 4. The average molecular weight is 3260 g/mol. The maximum Gasteiger partial charge on any atom is 0.524 e. The third-order valence-corrected chi connectivity index (χ3v) is 26.3. The molecule has 10 aromatic carbocycles. The number of likely N-dealkylation sites (N-methyl/N-ethyl adjacent to an activating group) is 1. The van der Waals surface area contributed by atoms with Gasteiger partial charge in [0.2, 0.25) is 11.8 Å². The molecule has 2 aliphatic carbocycles. The van der Waals surface area contributed by atoms with Crippen molar-refractivity contribution in [3.8, 4) is 45.3 Å². The van der Waals surface area contributed by atoms with Crippen molar-refractivity contribution < 1.29 is 133 Å². The van der Waals surface area contributed by atoms with Gasteiger partial charge in [-0.15, -0.1) is 0 Å². The fourth-order valence-corrected chi connectivity index (χ4v) is 19.8. The zero-order valence-corrected chi connectivity index (χ0v) is 91.2. The van der Waals surface area contributed by atoms with Crippen molar-refractivity contribution in [3.63, 3.8) is 0 Å². The number of fused-ring (bicyclic) bond motifs is 10. The van der Waals surface area contributed by atoms with Crippen LogP contribution in [0.1, 0.15) is 122 Å². The number of phosphoric acid groups is 2. The van der Waals surface area contributed by atoms with Crippen molar-refractivity contribution in [1.29, 1.82) is 0 Å². The number of aryl methyl sites for hydroxylation is 1. The standard InChI is InChI=1S/C96H96N10O25P2S2.Cu.5Fm/c1-56-101-81-32-27-59-26-24-57(43-76(59)89(81)90(112)102-56)49-105(96(119)129-53-78-74-20-10-6-16-70(74)71-17-7-11-21-75(71)78)64-28-31-67-63(44-64)50-106(91(67)113)83(93(115)116)33-37-87(109)97-39-12-22-79(99-47-61-45-65(29-34-84(61)107)130-132(120,121)122)80(100-48-62-46-66(30-35-85(62)108)131-133(123,124)125)23-13-40-98-94(117)127-51-58-25-36-86(60(42-58)38-41-126-54-88(110)111)135-134-55-82(92(114)104(2)3)103-95(118)128-52-77-72-18-8-4-14-68(72)69-15-5-9-19-73(69)77;;;;;;/h4-11,14-21,24-32,34-36,42-48,77-80,82-83,107-108H,12-13,22-23,33,37-41,49-55H2,1-3H3,(H,97,109)(H,98,117)(H,103,118)(H,110,111)(H,115,116)(H,101,102,112)(H2,120,121,122)(H2,123,124,125);;;;;;. The number of phosphoric ester groups is 2. The summed E-state index contributed by atoms with van der Waals surface area (Å²) in [6.07, 6.45) is -0.308. The number of anilines is 1. The van der Waals surface area contributed by atoms with Crippen LogP contribution in [0.25, 0.3) is 43.9 Å². The van der Waals surface area contributed by atoms with E-state index in [2.05, 4.69) is 25.9 Å². The van der Waals surface area contributed by atoms with E-state index in [1.54, 1.807) is 57.4 Å². The maximum atomic E-state index is 14.9. The SMILES string of the molecule is Cc1nc2ccc3ccc(CN(C(=O)OCC4c5ccccc5-c5ccccc54)c4ccc5c(c4)CN(C(CCC(=O)NCCCC(N=Cc4cc(OP(=O)(O)O)ccc4O)C(CCCNC(=O)OCc4ccc(SSCC(NC(=O)OCC6c7ccccc7-c7ccccc76)C(=O)N(C)C)c(CCOCC(=O)O)c4)N=Cc4cc(OP(=O)(O)O)ccc4O)C(=O)O)C5=O)cc3c2c(=O)[nH]1.[Cu].[Fm].[Fm].[Fm].[Fm].[Fm]. The second-order valence-electron chi connectivity index (χ2n) is 32.4. The molecule has 141 heavy (non-hydrogen) atoms. The van der Waals surface area contributed by atoms with Crippen molar-refractivity contribution in [2.24, 2.45) is 9.98 Å².